The first kappa shape index (κ1) is 20.5. The molecule has 0 radical (unpaired) electrons. The Morgan fingerprint density at radius 3 is 2.75 bits per heavy atom. The van der Waals surface area contributed by atoms with E-state index in [2.05, 4.69) is 10.3 Å². The number of hydrogen-bond acceptors (Lipinski definition) is 6. The largest absolute Gasteiger partial charge is 0.456 e. The van der Waals surface area contributed by atoms with Crippen LogP contribution < -0.4 is 10.1 Å². The molecular formula is C23H22N4O4S. The third kappa shape index (κ3) is 3.21. The van der Waals surface area contributed by atoms with Gasteiger partial charge in [-0.2, -0.15) is 0 Å². The van der Waals surface area contributed by atoms with Crippen LogP contribution in [-0.4, -0.2) is 57.6 Å². The quantitative estimate of drug-likeness (QED) is 0.498. The Hall–Kier alpha value is -3.43. The maximum absolute atomic E-state index is 12.6. The number of aromatic nitrogens is 2. The second-order valence-corrected chi connectivity index (χ2v) is 8.93. The summed E-state index contributed by atoms with van der Waals surface area (Å²) in [5.41, 5.74) is 3.11. The molecule has 0 bridgehead atoms. The van der Waals surface area contributed by atoms with E-state index in [1.165, 1.54) is 11.3 Å². The molecule has 0 spiro atoms. The van der Waals surface area contributed by atoms with Crippen molar-refractivity contribution in [3.05, 3.63) is 52.7 Å². The van der Waals surface area contributed by atoms with Crippen LogP contribution in [-0.2, 0) is 7.05 Å². The molecule has 2 N–H and O–H groups in total. The van der Waals surface area contributed by atoms with Gasteiger partial charge in [0.15, 0.2) is 0 Å². The Kier molecular flexibility index (Phi) is 4.87. The minimum Gasteiger partial charge on any atom is -0.456 e. The second kappa shape index (κ2) is 7.61. The maximum atomic E-state index is 12.6. The highest BCUT2D eigenvalue weighted by atomic mass is 32.1. The lowest BCUT2D eigenvalue weighted by Crippen LogP contribution is -2.53. The highest BCUT2D eigenvalue weighted by Gasteiger charge is 2.30. The predicted molar refractivity (Wildman–Crippen MR) is 123 cm³/mol. The first-order valence-electron chi connectivity index (χ1n) is 10.2. The molecule has 8 nitrogen and oxygen atoms in total. The van der Waals surface area contributed by atoms with Gasteiger partial charge in [0.1, 0.15) is 11.5 Å². The molecule has 1 aromatic carbocycles. The number of aliphatic hydroxyl groups is 1. The van der Waals surface area contributed by atoms with Gasteiger partial charge in [-0.25, -0.2) is 0 Å². The highest BCUT2D eigenvalue weighted by molar-refractivity contribution is 7.21. The summed E-state index contributed by atoms with van der Waals surface area (Å²) in [6, 6.07) is 9.17. The number of β-amino-alcohol motifs (C(OH)–C–C–N with tert-alkyl or cyclic N) is 1. The molecule has 1 saturated heterocycles. The van der Waals surface area contributed by atoms with Gasteiger partial charge in [0.2, 0.25) is 0 Å². The molecule has 0 unspecified atom stereocenters. The van der Waals surface area contributed by atoms with E-state index < -0.39 is 6.10 Å². The summed E-state index contributed by atoms with van der Waals surface area (Å²) in [6.07, 6.45) is 1.21. The number of fused-ring (bicyclic) bond motifs is 2. The Morgan fingerprint density at radius 2 is 2.03 bits per heavy atom. The third-order valence-corrected chi connectivity index (χ3v) is 7.01. The number of nitrogens with zero attached hydrogens (tertiary/aromatic N) is 3. The molecule has 3 aromatic heterocycles. The molecule has 4 aromatic rings. The van der Waals surface area contributed by atoms with Crippen molar-refractivity contribution in [3.8, 4) is 11.5 Å². The van der Waals surface area contributed by atoms with Gasteiger partial charge in [-0.1, -0.05) is 0 Å². The molecular weight excluding hydrogens is 428 g/mol. The molecule has 0 aliphatic carbocycles. The average Bonchev–Trinajstić information content (AvgIpc) is 3.31. The van der Waals surface area contributed by atoms with E-state index in [9.17, 15) is 14.7 Å². The Labute approximate surface area is 188 Å². The smallest absolute Gasteiger partial charge is 0.264 e. The van der Waals surface area contributed by atoms with Crippen LogP contribution in [0.1, 0.15) is 25.7 Å². The van der Waals surface area contributed by atoms with E-state index in [0.29, 0.717) is 40.5 Å². The summed E-state index contributed by atoms with van der Waals surface area (Å²) in [7, 11) is 3.54. The number of aryl methyl sites for hydroxylation is 1. The van der Waals surface area contributed by atoms with Crippen molar-refractivity contribution >= 4 is 44.3 Å². The number of amides is 2. The molecule has 9 heteroatoms. The van der Waals surface area contributed by atoms with E-state index in [1.54, 1.807) is 30.3 Å². The number of thiophene rings is 1. The monoisotopic (exact) mass is 450 g/mol. The summed E-state index contributed by atoms with van der Waals surface area (Å²) in [6.45, 7) is 2.63. The van der Waals surface area contributed by atoms with Crippen LogP contribution in [0.4, 0.5) is 0 Å². The summed E-state index contributed by atoms with van der Waals surface area (Å²) in [4.78, 5) is 31.5. The SMILES string of the molecule is CNC(=O)c1c(C)n(C)c2cc(Oc3ccnc4cc(C(=O)N5CC(O)C5)sc34)ccc12. The molecule has 5 rings (SSSR count). The lowest BCUT2D eigenvalue weighted by atomic mass is 10.1. The van der Waals surface area contributed by atoms with Gasteiger partial charge >= 0.3 is 0 Å². The number of carbonyl (C=O) groups excluding carboxylic acids is 2. The second-order valence-electron chi connectivity index (χ2n) is 7.88. The number of rotatable bonds is 4. The molecule has 1 aliphatic rings. The van der Waals surface area contributed by atoms with E-state index >= 15 is 0 Å². The first-order valence-corrected chi connectivity index (χ1v) is 11.0. The maximum Gasteiger partial charge on any atom is 0.264 e. The molecule has 32 heavy (non-hydrogen) atoms. The number of ether oxygens (including phenoxy) is 1. The van der Waals surface area contributed by atoms with Gasteiger partial charge in [-0.3, -0.25) is 14.6 Å². The van der Waals surface area contributed by atoms with Crippen LogP contribution in [0.2, 0.25) is 0 Å². The van der Waals surface area contributed by atoms with Crippen LogP contribution in [0.5, 0.6) is 11.5 Å². The number of carbonyl (C=O) groups is 2. The molecule has 1 fully saturated rings. The van der Waals surface area contributed by atoms with Gasteiger partial charge in [0.05, 0.1) is 32.3 Å². The van der Waals surface area contributed by atoms with Crippen molar-refractivity contribution in [2.45, 2.75) is 13.0 Å². The molecule has 1 aliphatic heterocycles. The number of hydrogen-bond donors (Lipinski definition) is 2. The fourth-order valence-corrected chi connectivity index (χ4v) is 5.06. The fraction of sp³-hybridized carbons (Fsp3) is 0.261. The Balaban J connectivity index is 1.49. The minimum absolute atomic E-state index is 0.105. The van der Waals surface area contributed by atoms with Crippen LogP contribution in [0.15, 0.2) is 36.5 Å². The van der Waals surface area contributed by atoms with Crippen molar-refractivity contribution in [3.63, 3.8) is 0 Å². The highest BCUT2D eigenvalue weighted by Crippen LogP contribution is 2.37. The first-order chi connectivity index (χ1) is 15.4. The van der Waals surface area contributed by atoms with Crippen molar-refractivity contribution in [2.24, 2.45) is 7.05 Å². The van der Waals surface area contributed by atoms with Crippen LogP contribution in [0.25, 0.3) is 21.1 Å². The summed E-state index contributed by atoms with van der Waals surface area (Å²) >= 11 is 1.33. The topological polar surface area (TPSA) is 96.7 Å². The zero-order valence-corrected chi connectivity index (χ0v) is 18.7. The van der Waals surface area contributed by atoms with Crippen LogP contribution in [0.3, 0.4) is 0 Å². The summed E-state index contributed by atoms with van der Waals surface area (Å²) in [5, 5.41) is 13.0. The van der Waals surface area contributed by atoms with E-state index in [0.717, 1.165) is 21.3 Å². The number of likely N-dealkylation sites (tertiary alicyclic amines) is 1. The van der Waals surface area contributed by atoms with Crippen LogP contribution in [0, 0.1) is 6.92 Å². The zero-order valence-electron chi connectivity index (χ0n) is 17.9. The minimum atomic E-state index is -0.440. The van der Waals surface area contributed by atoms with E-state index in [1.807, 2.05) is 36.7 Å². The molecule has 164 valence electrons. The Bertz CT molecular complexity index is 1380. The number of pyridine rings is 1. The number of aliphatic hydroxyl groups excluding tert-OH is 1. The van der Waals surface area contributed by atoms with Crippen molar-refractivity contribution in [1.82, 2.24) is 19.8 Å². The fourth-order valence-electron chi connectivity index (χ4n) is 4.02. The molecule has 2 amide bonds. The van der Waals surface area contributed by atoms with E-state index in [-0.39, 0.29) is 11.8 Å². The average molecular weight is 451 g/mol. The lowest BCUT2D eigenvalue weighted by molar-refractivity contribution is 0.00623. The van der Waals surface area contributed by atoms with Crippen LogP contribution >= 0.6 is 11.3 Å². The molecule has 0 atom stereocenters. The lowest BCUT2D eigenvalue weighted by Gasteiger charge is -2.35. The predicted octanol–water partition coefficient (Wildman–Crippen LogP) is 3.07. The van der Waals surface area contributed by atoms with E-state index in [4.69, 9.17) is 4.74 Å². The van der Waals surface area contributed by atoms with Gasteiger partial charge < -0.3 is 24.6 Å². The van der Waals surface area contributed by atoms with Gasteiger partial charge in [0.25, 0.3) is 11.8 Å². The third-order valence-electron chi connectivity index (χ3n) is 5.88. The standard InChI is InChI=1S/C23H22N4O4S/c1-12-20(22(29)24-2)15-5-4-14(8-17(15)26(12)3)31-18-6-7-25-16-9-19(32-21(16)18)23(30)27-10-13(28)11-27/h4-9,13,28H,10-11H2,1-3H3,(H,24,29). The van der Waals surface area contributed by atoms with Crippen molar-refractivity contribution in [1.29, 1.82) is 0 Å². The van der Waals surface area contributed by atoms with Crippen molar-refractivity contribution < 1.29 is 19.4 Å². The summed E-state index contributed by atoms with van der Waals surface area (Å²) < 4.78 is 8.95. The number of benzene rings is 1. The van der Waals surface area contributed by atoms with Gasteiger partial charge in [-0.15, -0.1) is 11.3 Å². The van der Waals surface area contributed by atoms with Gasteiger partial charge in [0, 0.05) is 56.6 Å². The number of nitrogens with one attached hydrogen (secondary N) is 1. The normalized spacial score (nSPS) is 14.1. The zero-order chi connectivity index (χ0) is 22.6. The summed E-state index contributed by atoms with van der Waals surface area (Å²) in [5.74, 6) is 1.01. The van der Waals surface area contributed by atoms with Gasteiger partial charge in [-0.05, 0) is 25.1 Å². The Morgan fingerprint density at radius 1 is 1.25 bits per heavy atom. The molecule has 0 saturated carbocycles. The molecule has 4 heterocycles. The van der Waals surface area contributed by atoms with Crippen molar-refractivity contribution in [2.75, 3.05) is 20.1 Å².